The van der Waals surface area contributed by atoms with Gasteiger partial charge < -0.3 is 5.32 Å². The van der Waals surface area contributed by atoms with E-state index in [0.29, 0.717) is 0 Å². The Morgan fingerprint density at radius 3 is 2.23 bits per heavy atom. The van der Waals surface area contributed by atoms with Crippen LogP contribution in [0.5, 0.6) is 0 Å². The molecule has 0 aromatic rings. The maximum atomic E-state index is 4.07. The third-order valence-electron chi connectivity index (χ3n) is 6.58. The SMILES string of the molecule is CCC(C1CC1)N1CC(NC2CCCCC2)CC(C(C)C)C1. The van der Waals surface area contributed by atoms with Crippen molar-refractivity contribution in [3.63, 3.8) is 0 Å². The molecular formula is C20H38N2. The lowest BCUT2D eigenvalue weighted by molar-refractivity contribution is 0.0619. The zero-order chi connectivity index (χ0) is 15.5. The largest absolute Gasteiger partial charge is 0.310 e. The molecule has 22 heavy (non-hydrogen) atoms. The van der Waals surface area contributed by atoms with Crippen molar-refractivity contribution in [2.75, 3.05) is 13.1 Å². The van der Waals surface area contributed by atoms with E-state index in [-0.39, 0.29) is 0 Å². The molecule has 128 valence electrons. The van der Waals surface area contributed by atoms with Crippen LogP contribution in [0.15, 0.2) is 0 Å². The molecule has 0 aromatic carbocycles. The van der Waals surface area contributed by atoms with Gasteiger partial charge in [0, 0.05) is 31.2 Å². The lowest BCUT2D eigenvalue weighted by Gasteiger charge is -2.45. The number of nitrogens with one attached hydrogen (secondary N) is 1. The molecule has 2 aliphatic carbocycles. The molecule has 3 unspecified atom stereocenters. The number of rotatable bonds is 6. The minimum absolute atomic E-state index is 0.747. The Labute approximate surface area is 138 Å². The number of nitrogens with zero attached hydrogens (tertiary/aromatic N) is 1. The fourth-order valence-corrected chi connectivity index (χ4v) is 5.02. The summed E-state index contributed by atoms with van der Waals surface area (Å²) in [5.74, 6) is 2.74. The minimum Gasteiger partial charge on any atom is -0.310 e. The highest BCUT2D eigenvalue weighted by Crippen LogP contribution is 2.39. The molecular weight excluding hydrogens is 268 g/mol. The van der Waals surface area contributed by atoms with E-state index in [4.69, 9.17) is 0 Å². The standard InChI is InChI=1S/C20H38N2/c1-4-20(16-10-11-16)22-13-17(15(2)3)12-19(14-22)21-18-8-6-5-7-9-18/h15-21H,4-14H2,1-3H3. The lowest BCUT2D eigenvalue weighted by atomic mass is 9.83. The van der Waals surface area contributed by atoms with Crippen LogP contribution in [0.2, 0.25) is 0 Å². The highest BCUT2D eigenvalue weighted by Gasteiger charge is 2.39. The number of hydrogen-bond donors (Lipinski definition) is 1. The molecule has 0 spiro atoms. The molecule has 0 aromatic heterocycles. The maximum absolute atomic E-state index is 4.07. The number of likely N-dealkylation sites (tertiary alicyclic amines) is 1. The second-order valence-electron chi connectivity index (χ2n) is 8.71. The van der Waals surface area contributed by atoms with Gasteiger partial charge in [-0.25, -0.2) is 0 Å². The van der Waals surface area contributed by atoms with Crippen LogP contribution in [0.25, 0.3) is 0 Å². The molecule has 1 saturated heterocycles. The van der Waals surface area contributed by atoms with E-state index in [9.17, 15) is 0 Å². The molecule has 2 heteroatoms. The van der Waals surface area contributed by atoms with Crippen molar-refractivity contribution in [3.8, 4) is 0 Å². The van der Waals surface area contributed by atoms with E-state index in [1.807, 2.05) is 0 Å². The summed E-state index contributed by atoms with van der Waals surface area (Å²) in [5.41, 5.74) is 0. The summed E-state index contributed by atoms with van der Waals surface area (Å²) >= 11 is 0. The predicted molar refractivity (Wildman–Crippen MR) is 95.1 cm³/mol. The molecule has 3 rings (SSSR count). The third kappa shape index (κ3) is 4.26. The molecule has 0 radical (unpaired) electrons. The highest BCUT2D eigenvalue weighted by molar-refractivity contribution is 4.94. The quantitative estimate of drug-likeness (QED) is 0.780. The van der Waals surface area contributed by atoms with Crippen molar-refractivity contribution in [1.82, 2.24) is 10.2 Å². The first kappa shape index (κ1) is 16.8. The van der Waals surface area contributed by atoms with Crippen LogP contribution in [-0.2, 0) is 0 Å². The van der Waals surface area contributed by atoms with Gasteiger partial charge in [0.05, 0.1) is 0 Å². The molecule has 2 nitrogen and oxygen atoms in total. The normalized spacial score (nSPS) is 33.3. The first-order chi connectivity index (χ1) is 10.7. The smallest absolute Gasteiger partial charge is 0.0200 e. The molecule has 3 fully saturated rings. The van der Waals surface area contributed by atoms with Gasteiger partial charge in [0.15, 0.2) is 0 Å². The highest BCUT2D eigenvalue weighted by atomic mass is 15.2. The van der Waals surface area contributed by atoms with Gasteiger partial charge in [-0.2, -0.15) is 0 Å². The Bertz CT molecular complexity index is 331. The Hall–Kier alpha value is -0.0800. The minimum atomic E-state index is 0.747. The summed E-state index contributed by atoms with van der Waals surface area (Å²) < 4.78 is 0. The lowest BCUT2D eigenvalue weighted by Crippen LogP contribution is -2.55. The van der Waals surface area contributed by atoms with Crippen molar-refractivity contribution in [3.05, 3.63) is 0 Å². The van der Waals surface area contributed by atoms with Crippen LogP contribution in [0.1, 0.15) is 78.6 Å². The second kappa shape index (κ2) is 7.66. The molecule has 1 aliphatic heterocycles. The first-order valence-electron chi connectivity index (χ1n) is 10.2. The Morgan fingerprint density at radius 2 is 1.64 bits per heavy atom. The van der Waals surface area contributed by atoms with Crippen molar-refractivity contribution in [2.24, 2.45) is 17.8 Å². The number of piperidine rings is 1. The number of hydrogen-bond acceptors (Lipinski definition) is 2. The van der Waals surface area contributed by atoms with Crippen molar-refractivity contribution in [1.29, 1.82) is 0 Å². The molecule has 0 amide bonds. The Balaban J connectivity index is 1.61. The van der Waals surface area contributed by atoms with Crippen LogP contribution in [0, 0.1) is 17.8 Å². The zero-order valence-electron chi connectivity index (χ0n) is 15.2. The van der Waals surface area contributed by atoms with Gasteiger partial charge in [-0.3, -0.25) is 4.90 Å². The van der Waals surface area contributed by atoms with Gasteiger partial charge in [-0.1, -0.05) is 40.0 Å². The Kier molecular flexibility index (Phi) is 5.84. The summed E-state index contributed by atoms with van der Waals surface area (Å²) in [6.45, 7) is 9.95. The van der Waals surface area contributed by atoms with Crippen LogP contribution in [0.4, 0.5) is 0 Å². The van der Waals surface area contributed by atoms with Gasteiger partial charge in [0.25, 0.3) is 0 Å². The van der Waals surface area contributed by atoms with E-state index in [1.54, 1.807) is 0 Å². The van der Waals surface area contributed by atoms with E-state index in [0.717, 1.165) is 35.9 Å². The molecule has 1 N–H and O–H groups in total. The van der Waals surface area contributed by atoms with Crippen molar-refractivity contribution >= 4 is 0 Å². The van der Waals surface area contributed by atoms with Crippen molar-refractivity contribution in [2.45, 2.75) is 96.7 Å². The fraction of sp³-hybridized carbons (Fsp3) is 1.00. The predicted octanol–water partition coefficient (Wildman–Crippen LogP) is 4.44. The monoisotopic (exact) mass is 306 g/mol. The van der Waals surface area contributed by atoms with Crippen LogP contribution in [-0.4, -0.2) is 36.1 Å². The maximum Gasteiger partial charge on any atom is 0.0200 e. The van der Waals surface area contributed by atoms with E-state index in [2.05, 4.69) is 31.0 Å². The van der Waals surface area contributed by atoms with Gasteiger partial charge in [-0.15, -0.1) is 0 Å². The summed E-state index contributed by atoms with van der Waals surface area (Å²) in [6.07, 6.45) is 12.9. The van der Waals surface area contributed by atoms with Gasteiger partial charge in [0.1, 0.15) is 0 Å². The van der Waals surface area contributed by atoms with Crippen molar-refractivity contribution < 1.29 is 0 Å². The molecule has 2 saturated carbocycles. The molecule has 3 aliphatic rings. The van der Waals surface area contributed by atoms with Gasteiger partial charge in [-0.05, 0) is 56.3 Å². The molecule has 1 heterocycles. The van der Waals surface area contributed by atoms with E-state index >= 15 is 0 Å². The zero-order valence-corrected chi connectivity index (χ0v) is 15.2. The molecule has 3 atom stereocenters. The fourth-order valence-electron chi connectivity index (χ4n) is 5.02. The Morgan fingerprint density at radius 1 is 0.909 bits per heavy atom. The van der Waals surface area contributed by atoms with Crippen LogP contribution < -0.4 is 5.32 Å². The summed E-state index contributed by atoms with van der Waals surface area (Å²) in [5, 5.41) is 4.07. The van der Waals surface area contributed by atoms with Crippen LogP contribution in [0.3, 0.4) is 0 Å². The molecule has 0 bridgehead atoms. The van der Waals surface area contributed by atoms with E-state index < -0.39 is 0 Å². The van der Waals surface area contributed by atoms with Gasteiger partial charge >= 0.3 is 0 Å². The average Bonchev–Trinajstić information content (AvgIpc) is 3.34. The third-order valence-corrected chi connectivity index (χ3v) is 6.58. The van der Waals surface area contributed by atoms with Crippen LogP contribution >= 0.6 is 0 Å². The summed E-state index contributed by atoms with van der Waals surface area (Å²) in [6, 6.07) is 2.43. The second-order valence-corrected chi connectivity index (χ2v) is 8.71. The summed E-state index contributed by atoms with van der Waals surface area (Å²) in [4.78, 5) is 2.88. The first-order valence-corrected chi connectivity index (χ1v) is 10.2. The van der Waals surface area contributed by atoms with Gasteiger partial charge in [0.2, 0.25) is 0 Å². The topological polar surface area (TPSA) is 15.3 Å². The summed E-state index contributed by atoms with van der Waals surface area (Å²) in [7, 11) is 0. The average molecular weight is 307 g/mol. The van der Waals surface area contributed by atoms with E-state index in [1.165, 1.54) is 70.9 Å².